The van der Waals surface area contributed by atoms with Crippen LogP contribution in [0.4, 0.5) is 0 Å². The normalized spacial score (nSPS) is 38.8. The van der Waals surface area contributed by atoms with Gasteiger partial charge < -0.3 is 24.1 Å². The molecule has 3 aliphatic rings. The van der Waals surface area contributed by atoms with Gasteiger partial charge in [0.1, 0.15) is 18.3 Å². The Balaban J connectivity index is 2.24. The van der Waals surface area contributed by atoms with Crippen LogP contribution in [0.15, 0.2) is 23.8 Å². The van der Waals surface area contributed by atoms with Gasteiger partial charge in [-0.2, -0.15) is 0 Å². The van der Waals surface area contributed by atoms with Crippen molar-refractivity contribution >= 4 is 23.9 Å². The minimum absolute atomic E-state index is 0.00815. The van der Waals surface area contributed by atoms with E-state index in [0.29, 0.717) is 5.57 Å². The first-order valence-corrected chi connectivity index (χ1v) is 12.0. The summed E-state index contributed by atoms with van der Waals surface area (Å²) >= 11 is 0. The molecular weight excluding hydrogens is 456 g/mol. The molecule has 1 N–H and O–H groups in total. The molecule has 2 aliphatic carbocycles. The standard InChI is InChI=1S/C26H36O9/c1-9-13(4)23(29)34-19-17-14(5)24(30)35-21(19)26(8)16(32-15(6)27)10-11-25(7,31)20(26)18(17)33-22(28)12(2)3/h9,12,16-21,31H,5,10-11H2,1-4,6-8H3/b13-9-/t16-,17-,18-,19?,20?,21-,25-,26+/m0/s1. The second-order valence-corrected chi connectivity index (χ2v) is 10.6. The van der Waals surface area contributed by atoms with E-state index >= 15 is 0 Å². The van der Waals surface area contributed by atoms with E-state index in [9.17, 15) is 24.3 Å². The first-order valence-electron chi connectivity index (χ1n) is 12.0. The smallest absolute Gasteiger partial charge is 0.334 e. The summed E-state index contributed by atoms with van der Waals surface area (Å²) in [5, 5.41) is 11.6. The average Bonchev–Trinajstić information content (AvgIpc) is 2.75. The number of allylic oxidation sites excluding steroid dienone is 1. The lowest BCUT2D eigenvalue weighted by atomic mass is 9.48. The molecule has 0 amide bonds. The second kappa shape index (κ2) is 9.41. The Morgan fingerprint density at radius 3 is 2.31 bits per heavy atom. The maximum absolute atomic E-state index is 12.9. The summed E-state index contributed by atoms with van der Waals surface area (Å²) in [5.41, 5.74) is -2.28. The molecule has 0 spiro atoms. The molecule has 2 saturated carbocycles. The Labute approximate surface area is 205 Å². The maximum atomic E-state index is 12.9. The number of carbonyl (C=O) groups excluding carboxylic acids is 4. The second-order valence-electron chi connectivity index (χ2n) is 10.6. The highest BCUT2D eigenvalue weighted by atomic mass is 16.6. The summed E-state index contributed by atoms with van der Waals surface area (Å²) < 4.78 is 23.3. The molecule has 3 fully saturated rings. The fourth-order valence-corrected chi connectivity index (χ4v) is 5.95. The monoisotopic (exact) mass is 492 g/mol. The molecular formula is C26H36O9. The quantitative estimate of drug-likeness (QED) is 0.350. The van der Waals surface area contributed by atoms with Crippen LogP contribution in [-0.4, -0.2) is 59.0 Å². The Bertz CT molecular complexity index is 962. The summed E-state index contributed by atoms with van der Waals surface area (Å²) in [7, 11) is 0. The van der Waals surface area contributed by atoms with Crippen molar-refractivity contribution in [3.8, 4) is 0 Å². The molecule has 1 aliphatic heterocycles. The molecule has 9 heteroatoms. The fourth-order valence-electron chi connectivity index (χ4n) is 5.95. The fraction of sp³-hybridized carbons (Fsp3) is 0.692. The summed E-state index contributed by atoms with van der Waals surface area (Å²) in [6, 6.07) is 0. The van der Waals surface area contributed by atoms with Crippen molar-refractivity contribution < 1.29 is 43.2 Å². The van der Waals surface area contributed by atoms with E-state index in [4.69, 9.17) is 18.9 Å². The molecule has 2 unspecified atom stereocenters. The summed E-state index contributed by atoms with van der Waals surface area (Å²) in [6.45, 7) is 15.1. The van der Waals surface area contributed by atoms with Gasteiger partial charge in [-0.1, -0.05) is 33.4 Å². The maximum Gasteiger partial charge on any atom is 0.334 e. The summed E-state index contributed by atoms with van der Waals surface area (Å²) in [6.07, 6.45) is -1.89. The van der Waals surface area contributed by atoms with Crippen LogP contribution < -0.4 is 0 Å². The molecule has 2 bridgehead atoms. The van der Waals surface area contributed by atoms with Gasteiger partial charge in [-0.3, -0.25) is 9.59 Å². The molecule has 0 aromatic carbocycles. The molecule has 3 rings (SSSR count). The number of fused-ring (bicyclic) bond motifs is 4. The minimum Gasteiger partial charge on any atom is -0.462 e. The van der Waals surface area contributed by atoms with Crippen LogP contribution in [0.3, 0.4) is 0 Å². The zero-order valence-corrected chi connectivity index (χ0v) is 21.5. The Morgan fingerprint density at radius 2 is 1.77 bits per heavy atom. The van der Waals surface area contributed by atoms with E-state index < -0.39 is 77.1 Å². The lowest BCUT2D eigenvalue weighted by Gasteiger charge is -2.64. The lowest BCUT2D eigenvalue weighted by molar-refractivity contribution is -0.294. The van der Waals surface area contributed by atoms with Crippen LogP contribution in [0, 0.1) is 23.2 Å². The summed E-state index contributed by atoms with van der Waals surface area (Å²) in [4.78, 5) is 50.6. The van der Waals surface area contributed by atoms with E-state index in [2.05, 4.69) is 6.58 Å². The number of carbonyl (C=O) groups is 4. The number of hydrogen-bond acceptors (Lipinski definition) is 9. The van der Waals surface area contributed by atoms with Gasteiger partial charge in [0.2, 0.25) is 0 Å². The Kier molecular flexibility index (Phi) is 7.24. The molecule has 1 saturated heterocycles. The number of aliphatic hydroxyl groups is 1. The highest BCUT2D eigenvalue weighted by Crippen LogP contribution is 2.61. The molecule has 0 aromatic heterocycles. The van der Waals surface area contributed by atoms with Crippen LogP contribution in [0.2, 0.25) is 0 Å². The minimum atomic E-state index is -1.37. The SMILES string of the molecule is C=C1C(=O)O[C@H]2C(OC(=O)/C(C)=C\C)[C@@H]1[C@H](OC(=O)C(C)C)C1[C@@]2(C)[C@@H](OC(C)=O)CC[C@]1(C)O. The number of ether oxygens (including phenoxy) is 4. The first kappa shape index (κ1) is 26.9. The third-order valence-corrected chi connectivity index (χ3v) is 7.82. The van der Waals surface area contributed by atoms with Gasteiger partial charge in [-0.25, -0.2) is 9.59 Å². The zero-order valence-electron chi connectivity index (χ0n) is 21.5. The van der Waals surface area contributed by atoms with Crippen molar-refractivity contribution in [3.05, 3.63) is 23.8 Å². The van der Waals surface area contributed by atoms with E-state index in [1.165, 1.54) is 6.92 Å². The topological polar surface area (TPSA) is 125 Å². The van der Waals surface area contributed by atoms with E-state index in [1.54, 1.807) is 47.6 Å². The predicted octanol–water partition coefficient (Wildman–Crippen LogP) is 2.64. The van der Waals surface area contributed by atoms with Gasteiger partial charge in [0.05, 0.1) is 22.9 Å². The van der Waals surface area contributed by atoms with Crippen LogP contribution in [0.1, 0.15) is 61.3 Å². The highest BCUT2D eigenvalue weighted by molar-refractivity contribution is 5.91. The molecule has 1 heterocycles. The predicted molar refractivity (Wildman–Crippen MR) is 124 cm³/mol. The van der Waals surface area contributed by atoms with Crippen molar-refractivity contribution in [3.63, 3.8) is 0 Å². The zero-order chi connectivity index (χ0) is 26.5. The van der Waals surface area contributed by atoms with Gasteiger partial charge in [0, 0.05) is 24.0 Å². The van der Waals surface area contributed by atoms with Gasteiger partial charge in [-0.15, -0.1) is 0 Å². The molecule has 0 aromatic rings. The Morgan fingerprint density at radius 1 is 1.14 bits per heavy atom. The molecule has 9 nitrogen and oxygen atoms in total. The highest BCUT2D eigenvalue weighted by Gasteiger charge is 2.72. The van der Waals surface area contributed by atoms with Crippen molar-refractivity contribution in [1.82, 2.24) is 0 Å². The number of rotatable bonds is 5. The van der Waals surface area contributed by atoms with Crippen molar-refractivity contribution in [1.29, 1.82) is 0 Å². The van der Waals surface area contributed by atoms with Crippen LogP contribution in [-0.2, 0) is 38.1 Å². The number of hydrogen-bond donors (Lipinski definition) is 1. The van der Waals surface area contributed by atoms with Crippen LogP contribution in [0.25, 0.3) is 0 Å². The third kappa shape index (κ3) is 4.50. The third-order valence-electron chi connectivity index (χ3n) is 7.82. The molecule has 8 atom stereocenters. The van der Waals surface area contributed by atoms with E-state index in [1.807, 2.05) is 0 Å². The van der Waals surface area contributed by atoms with Gasteiger partial charge in [0.15, 0.2) is 6.10 Å². The van der Waals surface area contributed by atoms with Crippen LogP contribution in [0.5, 0.6) is 0 Å². The lowest BCUT2D eigenvalue weighted by Crippen LogP contribution is -2.75. The largest absolute Gasteiger partial charge is 0.462 e. The van der Waals surface area contributed by atoms with E-state index in [0.717, 1.165) is 0 Å². The molecule has 35 heavy (non-hydrogen) atoms. The van der Waals surface area contributed by atoms with Gasteiger partial charge >= 0.3 is 23.9 Å². The van der Waals surface area contributed by atoms with Crippen LogP contribution >= 0.6 is 0 Å². The van der Waals surface area contributed by atoms with Gasteiger partial charge in [0.25, 0.3) is 0 Å². The summed E-state index contributed by atoms with van der Waals surface area (Å²) in [5.74, 6) is -4.67. The molecule has 0 radical (unpaired) electrons. The first-order chi connectivity index (χ1) is 16.2. The van der Waals surface area contributed by atoms with E-state index in [-0.39, 0.29) is 18.4 Å². The van der Waals surface area contributed by atoms with Crippen molar-refractivity contribution in [2.75, 3.05) is 0 Å². The van der Waals surface area contributed by atoms with Gasteiger partial charge in [-0.05, 0) is 33.6 Å². The Hall–Kier alpha value is -2.68. The van der Waals surface area contributed by atoms with Crippen molar-refractivity contribution in [2.24, 2.45) is 23.2 Å². The average molecular weight is 493 g/mol. The number of esters is 4. The molecule has 194 valence electrons. The van der Waals surface area contributed by atoms with Crippen molar-refractivity contribution in [2.45, 2.75) is 91.3 Å².